The van der Waals surface area contributed by atoms with Crippen molar-refractivity contribution in [3.63, 3.8) is 0 Å². The number of hydrogen-bond acceptors (Lipinski definition) is 2. The summed E-state index contributed by atoms with van der Waals surface area (Å²) < 4.78 is 7.53. The maximum atomic E-state index is 11.9. The molecule has 1 aliphatic carbocycles. The molecule has 0 saturated heterocycles. The Morgan fingerprint density at radius 2 is 2.12 bits per heavy atom. The second kappa shape index (κ2) is 6.19. The van der Waals surface area contributed by atoms with Crippen LogP contribution < -0.4 is 5.32 Å². The van der Waals surface area contributed by atoms with Crippen molar-refractivity contribution in [2.24, 2.45) is 0 Å². The molecule has 0 saturated carbocycles. The van der Waals surface area contributed by atoms with Gasteiger partial charge in [0.2, 0.25) is 0 Å². The molecule has 1 heterocycles. The van der Waals surface area contributed by atoms with E-state index in [1.54, 1.807) is 0 Å². The fraction of sp³-hybridized carbons (Fsp3) is 0.350. The van der Waals surface area contributed by atoms with Gasteiger partial charge in [-0.25, -0.2) is 4.79 Å². The molecular formula is C20H24N2O2. The summed E-state index contributed by atoms with van der Waals surface area (Å²) in [6.07, 6.45) is 4.52. The van der Waals surface area contributed by atoms with Crippen LogP contribution in [-0.2, 0) is 24.2 Å². The molecule has 0 spiro atoms. The van der Waals surface area contributed by atoms with Crippen molar-refractivity contribution in [1.82, 2.24) is 9.88 Å². The number of nitrogens with one attached hydrogen (secondary N) is 1. The molecule has 126 valence electrons. The molecule has 1 aliphatic rings. The molecule has 1 amide bonds. The molecule has 24 heavy (non-hydrogen) atoms. The first kappa shape index (κ1) is 16.4. The molecule has 3 rings (SSSR count). The molecule has 4 nitrogen and oxygen atoms in total. The minimum Gasteiger partial charge on any atom is -0.444 e. The van der Waals surface area contributed by atoms with E-state index in [0.717, 1.165) is 18.5 Å². The topological polar surface area (TPSA) is 43.3 Å². The number of nitrogens with zero attached hydrogens (tertiary/aromatic N) is 1. The van der Waals surface area contributed by atoms with Crippen LogP contribution in [0, 0.1) is 0 Å². The molecule has 0 fully saturated rings. The molecule has 0 radical (unpaired) electrons. The van der Waals surface area contributed by atoms with Gasteiger partial charge >= 0.3 is 6.09 Å². The molecular weight excluding hydrogens is 300 g/mol. The number of carbonyl (C=O) groups is 1. The third kappa shape index (κ3) is 3.23. The number of hydrogen-bond donors (Lipinski definition) is 1. The Labute approximate surface area is 143 Å². The average Bonchev–Trinajstić information content (AvgIpc) is 3.02. The van der Waals surface area contributed by atoms with E-state index in [2.05, 4.69) is 46.9 Å². The van der Waals surface area contributed by atoms with Gasteiger partial charge in [-0.1, -0.05) is 30.3 Å². The van der Waals surface area contributed by atoms with E-state index in [0.29, 0.717) is 6.54 Å². The zero-order chi connectivity index (χ0) is 17.3. The van der Waals surface area contributed by atoms with Gasteiger partial charge in [-0.15, -0.1) is 6.58 Å². The van der Waals surface area contributed by atoms with Crippen LogP contribution in [0.5, 0.6) is 0 Å². The Morgan fingerprint density at radius 1 is 1.38 bits per heavy atom. The molecule has 4 heteroatoms. The predicted octanol–water partition coefficient (Wildman–Crippen LogP) is 4.27. The van der Waals surface area contributed by atoms with E-state index in [9.17, 15) is 4.79 Å². The van der Waals surface area contributed by atoms with Gasteiger partial charge in [0, 0.05) is 31.3 Å². The maximum Gasteiger partial charge on any atom is 0.407 e. The van der Waals surface area contributed by atoms with E-state index < -0.39 is 5.60 Å². The van der Waals surface area contributed by atoms with Crippen molar-refractivity contribution < 1.29 is 9.53 Å². The lowest BCUT2D eigenvalue weighted by molar-refractivity contribution is 0.0523. The zero-order valence-corrected chi connectivity index (χ0v) is 14.6. The van der Waals surface area contributed by atoms with E-state index in [1.807, 2.05) is 26.8 Å². The standard InChI is InChI=1S/C20H24N2O2/c1-5-10-22-13-15(12-21-19(23)24-20(2,3)4)17-11-14-8-6-7-9-16(14)18(17)22/h5-9,13H,1,10-12H2,2-4H3,(H,21,23). The summed E-state index contributed by atoms with van der Waals surface area (Å²) >= 11 is 0. The molecule has 2 aromatic rings. The van der Waals surface area contributed by atoms with Crippen molar-refractivity contribution in [1.29, 1.82) is 0 Å². The van der Waals surface area contributed by atoms with Crippen LogP contribution in [0.2, 0.25) is 0 Å². The second-order valence-corrected chi connectivity index (χ2v) is 7.11. The Morgan fingerprint density at radius 3 is 2.83 bits per heavy atom. The highest BCUT2D eigenvalue weighted by Crippen LogP contribution is 2.39. The lowest BCUT2D eigenvalue weighted by atomic mass is 10.1. The number of carbonyl (C=O) groups excluding carboxylic acids is 1. The van der Waals surface area contributed by atoms with Crippen LogP contribution >= 0.6 is 0 Å². The summed E-state index contributed by atoms with van der Waals surface area (Å²) in [7, 11) is 0. The molecule has 0 atom stereocenters. The number of amides is 1. The summed E-state index contributed by atoms with van der Waals surface area (Å²) in [6.45, 7) is 10.7. The van der Waals surface area contributed by atoms with Gasteiger partial charge in [-0.3, -0.25) is 0 Å². The number of benzene rings is 1. The van der Waals surface area contributed by atoms with E-state index in [1.165, 1.54) is 22.4 Å². The normalized spacial score (nSPS) is 12.5. The predicted molar refractivity (Wildman–Crippen MR) is 95.9 cm³/mol. The first-order chi connectivity index (χ1) is 11.4. The Bertz CT molecular complexity index is 781. The van der Waals surface area contributed by atoms with Gasteiger partial charge < -0.3 is 14.6 Å². The highest BCUT2D eigenvalue weighted by atomic mass is 16.6. The van der Waals surface area contributed by atoms with Gasteiger partial charge in [0.15, 0.2) is 0 Å². The number of aromatic nitrogens is 1. The second-order valence-electron chi connectivity index (χ2n) is 7.11. The van der Waals surface area contributed by atoms with E-state index in [-0.39, 0.29) is 6.09 Å². The van der Waals surface area contributed by atoms with Crippen LogP contribution in [0.15, 0.2) is 43.1 Å². The van der Waals surface area contributed by atoms with Crippen LogP contribution in [0.1, 0.15) is 37.5 Å². The van der Waals surface area contributed by atoms with Crippen molar-refractivity contribution in [3.05, 3.63) is 59.8 Å². The molecule has 1 aromatic carbocycles. The molecule has 0 aliphatic heterocycles. The third-order valence-electron chi connectivity index (χ3n) is 4.06. The van der Waals surface area contributed by atoms with Crippen molar-refractivity contribution in [2.45, 2.75) is 45.9 Å². The van der Waals surface area contributed by atoms with E-state index in [4.69, 9.17) is 4.74 Å². The smallest absolute Gasteiger partial charge is 0.407 e. The zero-order valence-electron chi connectivity index (χ0n) is 14.6. The van der Waals surface area contributed by atoms with Gasteiger partial charge in [0.1, 0.15) is 5.60 Å². The summed E-state index contributed by atoms with van der Waals surface area (Å²) in [4.78, 5) is 11.9. The molecule has 0 unspecified atom stereocenters. The van der Waals surface area contributed by atoms with Gasteiger partial charge in [0.25, 0.3) is 0 Å². The van der Waals surface area contributed by atoms with Gasteiger partial charge in [-0.2, -0.15) is 0 Å². The van der Waals surface area contributed by atoms with Crippen LogP contribution in [0.3, 0.4) is 0 Å². The first-order valence-corrected chi connectivity index (χ1v) is 8.26. The summed E-state index contributed by atoms with van der Waals surface area (Å²) in [5.74, 6) is 0. The van der Waals surface area contributed by atoms with Crippen molar-refractivity contribution in [3.8, 4) is 11.3 Å². The highest BCUT2D eigenvalue weighted by molar-refractivity contribution is 5.76. The summed E-state index contributed by atoms with van der Waals surface area (Å²) in [5, 5.41) is 2.87. The number of alkyl carbamates (subject to hydrolysis) is 1. The number of allylic oxidation sites excluding steroid dienone is 1. The van der Waals surface area contributed by atoms with Crippen LogP contribution in [-0.4, -0.2) is 16.3 Å². The average molecular weight is 324 g/mol. The SMILES string of the molecule is C=CCn1cc(CNC(=O)OC(C)(C)C)c2c1-c1ccccc1C2. The summed E-state index contributed by atoms with van der Waals surface area (Å²) in [6, 6.07) is 8.46. The number of ether oxygens (including phenoxy) is 1. The number of fused-ring (bicyclic) bond motifs is 3. The summed E-state index contributed by atoms with van der Waals surface area (Å²) in [5.41, 5.74) is 5.78. The quantitative estimate of drug-likeness (QED) is 0.728. The Kier molecular flexibility index (Phi) is 4.22. The Hall–Kier alpha value is -2.49. The third-order valence-corrected chi connectivity index (χ3v) is 4.06. The van der Waals surface area contributed by atoms with Gasteiger partial charge in [-0.05, 0) is 37.5 Å². The molecule has 0 bridgehead atoms. The van der Waals surface area contributed by atoms with Crippen LogP contribution in [0.4, 0.5) is 4.79 Å². The fourth-order valence-electron chi connectivity index (χ4n) is 3.18. The molecule has 1 aromatic heterocycles. The lowest BCUT2D eigenvalue weighted by Crippen LogP contribution is -2.32. The van der Waals surface area contributed by atoms with E-state index >= 15 is 0 Å². The largest absolute Gasteiger partial charge is 0.444 e. The van der Waals surface area contributed by atoms with Crippen LogP contribution in [0.25, 0.3) is 11.3 Å². The minimum absolute atomic E-state index is 0.386. The monoisotopic (exact) mass is 324 g/mol. The van der Waals surface area contributed by atoms with Crippen molar-refractivity contribution in [2.75, 3.05) is 0 Å². The Balaban J connectivity index is 1.84. The first-order valence-electron chi connectivity index (χ1n) is 8.26. The highest BCUT2D eigenvalue weighted by Gasteiger charge is 2.25. The lowest BCUT2D eigenvalue weighted by Gasteiger charge is -2.19. The number of rotatable bonds is 4. The maximum absolute atomic E-state index is 11.9. The van der Waals surface area contributed by atoms with Gasteiger partial charge in [0.05, 0.1) is 5.69 Å². The molecule has 1 N–H and O–H groups in total. The minimum atomic E-state index is -0.489. The van der Waals surface area contributed by atoms with Crippen molar-refractivity contribution >= 4 is 6.09 Å². The fourth-order valence-corrected chi connectivity index (χ4v) is 3.18.